The van der Waals surface area contributed by atoms with E-state index in [0.29, 0.717) is 96.8 Å². The Morgan fingerprint density at radius 3 is 1.64 bits per heavy atom. The molecule has 1 aromatic carbocycles. The van der Waals surface area contributed by atoms with Crippen LogP contribution in [0.3, 0.4) is 0 Å². The third kappa shape index (κ3) is 32.0. The van der Waals surface area contributed by atoms with Crippen molar-refractivity contribution in [2.24, 2.45) is 70.5 Å². The molecule has 0 saturated carbocycles. The van der Waals surface area contributed by atoms with Gasteiger partial charge in [-0.15, -0.1) is 0 Å². The maximum absolute atomic E-state index is 15.1. The van der Waals surface area contributed by atoms with Crippen LogP contribution in [-0.4, -0.2) is 187 Å². The van der Waals surface area contributed by atoms with Crippen LogP contribution in [0.15, 0.2) is 30.5 Å². The molecule has 2 aliphatic rings. The molecule has 4 rings (SSSR count). The first-order chi connectivity index (χ1) is 51.3. The minimum atomic E-state index is -4.10. The van der Waals surface area contributed by atoms with Gasteiger partial charge in [0.15, 0.2) is 28.9 Å². The second kappa shape index (κ2) is 48.9. The monoisotopic (exact) mass is 1530 g/mol. The van der Waals surface area contributed by atoms with Crippen molar-refractivity contribution in [1.82, 2.24) is 40.8 Å². The first-order valence-electron chi connectivity index (χ1n) is 40.5. The molecule has 0 unspecified atom stereocenters. The number of H-pyrrole nitrogens is 1. The molecule has 2 saturated heterocycles. The number of sulfonamides is 1. The Morgan fingerprint density at radius 1 is 0.546 bits per heavy atom. The van der Waals surface area contributed by atoms with Gasteiger partial charge in [-0.3, -0.25) is 57.5 Å². The number of para-hydroxylation sites is 1. The quantitative estimate of drug-likeness (QED) is 0.0385. The molecule has 0 spiro atoms. The lowest BCUT2D eigenvalue weighted by molar-refractivity contribution is -0.141. The first kappa shape index (κ1) is 93.7. The molecule has 2 aliphatic heterocycles. The third-order valence-corrected chi connectivity index (χ3v) is 23.0. The molecule has 0 bridgehead atoms. The van der Waals surface area contributed by atoms with Crippen LogP contribution in [0.1, 0.15) is 242 Å². The van der Waals surface area contributed by atoms with E-state index in [4.69, 9.17) is 21.9 Å². The molecular weight excluding hydrogens is 1400 g/mol. The number of nitrogens with one attached hydrogen (secondary N) is 6. The molecule has 108 heavy (non-hydrogen) atoms. The molecular formula is C81H135N11O15S. The van der Waals surface area contributed by atoms with Crippen LogP contribution < -0.4 is 43.8 Å². The van der Waals surface area contributed by atoms with Gasteiger partial charge in [-0.2, -0.15) is 4.31 Å². The summed E-state index contributed by atoms with van der Waals surface area (Å²) in [6, 6.07) is 1.72. The van der Waals surface area contributed by atoms with Gasteiger partial charge in [0.25, 0.3) is 0 Å². The Balaban J connectivity index is 1.80. The summed E-state index contributed by atoms with van der Waals surface area (Å²) in [4.78, 5) is 180. The number of aromatic nitrogens is 1. The standard InChI is InChI=1S/C81H135N11O15S/c1-12-14-26-57-43-63(93)49-91(108(105,106)39-15-13-2)37-25-33-70(94)67(30-18-21-34-82)88-78(101)59(41-53(5)6)45-73(97)69(32-20-23-36-84)89-79(102)58(40-52(3)4)44-72(96)68(31-19-22-35-83)87-75(99)51-107-50-62-27-24-38-92(62)81(104)60(42-61-48-85-66-29-17-16-28-64(61)66)46-71(95)56(11)86-80(103)65(54(7)8)47-74(98)76(55(9)10)90-77(57)100/h16-17,28-29,48,52-60,62,65,67-69,76,85H,12-15,18-27,30-47,49-51,82-84H2,1-11H3,(H,86,103)(H,87,99)(H,88,101)(H,89,102)(H,90,100)/t56-,57+,58+,59+,60+,62+,65-,67-,68-,69-,76-/m0/s1. The van der Waals surface area contributed by atoms with E-state index in [1.54, 1.807) is 32.6 Å². The Hall–Kier alpha value is -6.65. The van der Waals surface area contributed by atoms with Gasteiger partial charge in [0.2, 0.25) is 45.5 Å². The summed E-state index contributed by atoms with van der Waals surface area (Å²) in [6.45, 7) is 19.9. The lowest BCUT2D eigenvalue weighted by Crippen LogP contribution is -2.50. The lowest BCUT2D eigenvalue weighted by Gasteiger charge is -2.30. The first-order valence-corrected chi connectivity index (χ1v) is 42.1. The minimum absolute atomic E-state index is 0.0313. The van der Waals surface area contributed by atoms with Crippen molar-refractivity contribution in [3.05, 3.63) is 36.0 Å². The van der Waals surface area contributed by atoms with Crippen LogP contribution >= 0.6 is 0 Å². The molecule has 0 aliphatic carbocycles. The summed E-state index contributed by atoms with van der Waals surface area (Å²) in [5, 5.41) is 15.4. The van der Waals surface area contributed by atoms with Gasteiger partial charge in [-0.25, -0.2) is 8.42 Å². The van der Waals surface area contributed by atoms with Gasteiger partial charge < -0.3 is 58.4 Å². The number of fused-ring (bicyclic) bond motifs is 2. The molecule has 610 valence electrons. The van der Waals surface area contributed by atoms with Crippen LogP contribution in [0.2, 0.25) is 0 Å². The molecule has 12 N–H and O–H groups in total. The predicted molar refractivity (Wildman–Crippen MR) is 420 cm³/mol. The number of nitrogens with two attached hydrogens (primary N) is 3. The maximum Gasteiger partial charge on any atom is 0.246 e. The van der Waals surface area contributed by atoms with Gasteiger partial charge in [0, 0.05) is 98.3 Å². The molecule has 27 heteroatoms. The highest BCUT2D eigenvalue weighted by molar-refractivity contribution is 7.89. The molecule has 2 aromatic rings. The number of Topliss-reactive ketones (excluding diaryl/α,β-unsaturated/α-hetero) is 6. The van der Waals surface area contributed by atoms with Crippen molar-refractivity contribution >= 4 is 91.1 Å². The van der Waals surface area contributed by atoms with Crippen LogP contribution in [0, 0.1) is 53.3 Å². The van der Waals surface area contributed by atoms with Crippen LogP contribution in [0.25, 0.3) is 10.9 Å². The smallest absolute Gasteiger partial charge is 0.246 e. The number of carbonyl (C=O) groups is 12. The topological polar surface area (TPSA) is 409 Å². The van der Waals surface area contributed by atoms with Crippen LogP contribution in [-0.2, 0) is 78.7 Å². The third-order valence-electron chi connectivity index (χ3n) is 21.1. The molecule has 3 heterocycles. The van der Waals surface area contributed by atoms with E-state index in [0.717, 1.165) is 20.8 Å². The summed E-state index contributed by atoms with van der Waals surface area (Å²) >= 11 is 0. The summed E-state index contributed by atoms with van der Waals surface area (Å²) < 4.78 is 35.4. The molecule has 1 aromatic heterocycles. The number of ketones is 6. The number of hydrogen-bond acceptors (Lipinski definition) is 18. The van der Waals surface area contributed by atoms with Crippen molar-refractivity contribution in [1.29, 1.82) is 0 Å². The van der Waals surface area contributed by atoms with Gasteiger partial charge in [-0.1, -0.05) is 107 Å². The number of hydrogen-bond donors (Lipinski definition) is 9. The number of amides is 6. The average molecular weight is 1540 g/mol. The number of benzene rings is 1. The number of carbonyl (C=O) groups excluding carboxylic acids is 12. The lowest BCUT2D eigenvalue weighted by atomic mass is 9.85. The number of ether oxygens (including phenoxy) is 1. The van der Waals surface area contributed by atoms with Crippen molar-refractivity contribution in [2.45, 2.75) is 279 Å². The van der Waals surface area contributed by atoms with E-state index < -0.39 is 165 Å². The number of unbranched alkanes of at least 4 members (excludes halogenated alkanes) is 5. The average Bonchev–Trinajstić information content (AvgIpc) is 1.66. The number of aromatic amines is 1. The molecule has 6 amide bonds. The SMILES string of the molecule is CCCC[C@@H]1CC(=O)CN(S(=O)(=O)CCCC)CCCC(=O)[C@H](CCCCN)NC(=O)[C@H](CC(C)C)CC(=O)[C@H](CCCCN)NC(=O)[C@H](CC(C)C)CC(=O)[C@H](CCCCN)NC(=O)COC[C@H]2CCCN2C(=O)[C@H](Cc2c[nH]c3ccccc23)CC(=O)[C@H](C)NC(=O)[C@H](C(C)C)CC(=O)[C@H](C(C)C)NC1=O. The second-order valence-electron chi connectivity index (χ2n) is 32.0. The van der Waals surface area contributed by atoms with E-state index in [1.807, 2.05) is 72.0 Å². The second-order valence-corrected chi connectivity index (χ2v) is 34.1. The van der Waals surface area contributed by atoms with Crippen molar-refractivity contribution in [3.8, 4) is 0 Å². The van der Waals surface area contributed by atoms with E-state index in [-0.39, 0.29) is 133 Å². The Morgan fingerprint density at radius 2 is 1.09 bits per heavy atom. The molecule has 11 atom stereocenters. The highest BCUT2D eigenvalue weighted by atomic mass is 32.2. The van der Waals surface area contributed by atoms with E-state index in [9.17, 15) is 61.2 Å². The molecule has 0 radical (unpaired) electrons. The fourth-order valence-corrected chi connectivity index (χ4v) is 16.4. The zero-order valence-electron chi connectivity index (χ0n) is 67.0. The molecule has 2 fully saturated rings. The van der Waals surface area contributed by atoms with Crippen molar-refractivity contribution in [2.75, 3.05) is 58.2 Å². The van der Waals surface area contributed by atoms with Gasteiger partial charge in [0.05, 0.1) is 55.2 Å². The van der Waals surface area contributed by atoms with E-state index >= 15 is 4.79 Å². The minimum Gasteiger partial charge on any atom is -0.370 e. The highest BCUT2D eigenvalue weighted by Gasteiger charge is 2.40. The number of rotatable bonds is 27. The van der Waals surface area contributed by atoms with Crippen LogP contribution in [0.5, 0.6) is 0 Å². The van der Waals surface area contributed by atoms with Crippen molar-refractivity contribution < 1.29 is 70.7 Å². The van der Waals surface area contributed by atoms with Crippen molar-refractivity contribution in [3.63, 3.8) is 0 Å². The normalized spacial score (nSPS) is 25.3. The Labute approximate surface area is 643 Å². The van der Waals surface area contributed by atoms with E-state index in [1.165, 1.54) is 6.92 Å². The summed E-state index contributed by atoms with van der Waals surface area (Å²) in [6.07, 6.45) is 7.62. The van der Waals surface area contributed by atoms with Gasteiger partial charge >= 0.3 is 0 Å². The maximum atomic E-state index is 15.1. The summed E-state index contributed by atoms with van der Waals surface area (Å²) in [5.41, 5.74) is 19.4. The number of nitrogens with zero attached hydrogens (tertiary/aromatic N) is 2. The van der Waals surface area contributed by atoms with Gasteiger partial charge in [0.1, 0.15) is 12.4 Å². The van der Waals surface area contributed by atoms with Crippen LogP contribution in [0.4, 0.5) is 0 Å². The zero-order chi connectivity index (χ0) is 80.2. The fraction of sp³-hybridized carbons (Fsp3) is 0.753. The molecule has 26 nitrogen and oxygen atoms in total. The summed E-state index contributed by atoms with van der Waals surface area (Å²) in [7, 11) is -4.10. The van der Waals surface area contributed by atoms with E-state index in [2.05, 4.69) is 31.6 Å². The predicted octanol–water partition coefficient (Wildman–Crippen LogP) is 7.82. The Bertz CT molecular complexity index is 3340. The van der Waals surface area contributed by atoms with Gasteiger partial charge in [-0.05, 0) is 171 Å². The zero-order valence-corrected chi connectivity index (χ0v) is 67.8. The highest BCUT2D eigenvalue weighted by Crippen LogP contribution is 2.30. The Kier molecular flexibility index (Phi) is 42.4. The largest absolute Gasteiger partial charge is 0.370 e. The summed E-state index contributed by atoms with van der Waals surface area (Å²) in [5.74, 6) is -11.9. The fourth-order valence-electron chi connectivity index (χ4n) is 14.7.